The van der Waals surface area contributed by atoms with Crippen molar-refractivity contribution in [2.75, 3.05) is 27.2 Å². The summed E-state index contributed by atoms with van der Waals surface area (Å²) in [5, 5.41) is 0. The summed E-state index contributed by atoms with van der Waals surface area (Å²) in [6.07, 6.45) is 0. The van der Waals surface area contributed by atoms with Crippen molar-refractivity contribution in [3.8, 4) is 0 Å². The van der Waals surface area contributed by atoms with Crippen LogP contribution in [0.4, 0.5) is 0 Å². The first-order valence-electron chi connectivity index (χ1n) is 2.80. The van der Waals surface area contributed by atoms with Crippen molar-refractivity contribution in [2.24, 2.45) is 0 Å². The number of nitrogens with zero attached hydrogens (tertiary/aromatic N) is 2. The predicted octanol–water partition coefficient (Wildman–Crippen LogP) is 0.0770. The van der Waals surface area contributed by atoms with Gasteiger partial charge in [-0.2, -0.15) is 0 Å². The summed E-state index contributed by atoms with van der Waals surface area (Å²) in [7, 11) is 4.17. The van der Waals surface area contributed by atoms with Gasteiger partial charge in [-0.1, -0.05) is 0 Å². The topological polar surface area (TPSA) is 6.48 Å². The predicted molar refractivity (Wildman–Crippen MR) is 38.0 cm³/mol. The molecule has 1 fully saturated rings. The second-order valence-corrected chi connectivity index (χ2v) is 2.77. The first kappa shape index (κ1) is 6.39. The van der Waals surface area contributed by atoms with Gasteiger partial charge in [0.25, 0.3) is 0 Å². The van der Waals surface area contributed by atoms with Gasteiger partial charge < -0.3 is 0 Å². The quantitative estimate of drug-likeness (QED) is 0.466. The van der Waals surface area contributed by atoms with Crippen LogP contribution in [0.5, 0.6) is 0 Å². The third-order valence-corrected chi connectivity index (χ3v) is 2.38. The zero-order valence-electron chi connectivity index (χ0n) is 5.33. The van der Waals surface area contributed by atoms with E-state index in [1.54, 1.807) is 0 Å². The summed E-state index contributed by atoms with van der Waals surface area (Å²) in [4.78, 5) is 4.42. The van der Waals surface area contributed by atoms with E-state index in [1.807, 2.05) is 0 Å². The fourth-order valence-corrected chi connectivity index (χ4v) is 1.11. The zero-order valence-corrected chi connectivity index (χ0v) is 6.23. The molecule has 0 radical (unpaired) electrons. The van der Waals surface area contributed by atoms with Gasteiger partial charge in [0.05, 0.1) is 0 Å². The maximum Gasteiger partial charge on any atom is 0.107 e. The Balaban J connectivity index is 2.44. The van der Waals surface area contributed by atoms with Crippen LogP contribution in [0.2, 0.25) is 0 Å². The van der Waals surface area contributed by atoms with Gasteiger partial charge in [0, 0.05) is 13.1 Å². The minimum absolute atomic E-state index is 0.343. The van der Waals surface area contributed by atoms with Crippen molar-refractivity contribution in [2.45, 2.75) is 5.50 Å². The van der Waals surface area contributed by atoms with E-state index in [0.717, 1.165) is 13.1 Å². The van der Waals surface area contributed by atoms with Crippen molar-refractivity contribution in [1.29, 1.82) is 0 Å². The lowest BCUT2D eigenvalue weighted by Gasteiger charge is -2.17. The largest absolute Gasteiger partial charge is 0.281 e. The van der Waals surface area contributed by atoms with Crippen LogP contribution < -0.4 is 0 Å². The standard InChI is InChI=1S/C5H12N2S/c1-6-3-4-7(2)5(6)8/h5,8H,3-4H2,1-2H3. The zero-order chi connectivity index (χ0) is 6.15. The van der Waals surface area contributed by atoms with Crippen LogP contribution >= 0.6 is 12.6 Å². The minimum atomic E-state index is 0.343. The van der Waals surface area contributed by atoms with Gasteiger partial charge in [-0.15, -0.1) is 12.6 Å². The highest BCUT2D eigenvalue weighted by Gasteiger charge is 2.21. The highest BCUT2D eigenvalue weighted by atomic mass is 32.1. The molecule has 8 heavy (non-hydrogen) atoms. The molecule has 0 amide bonds. The van der Waals surface area contributed by atoms with Crippen LogP contribution in [0, 0.1) is 0 Å². The molecule has 1 heterocycles. The fraction of sp³-hybridized carbons (Fsp3) is 1.00. The average molecular weight is 132 g/mol. The molecule has 0 N–H and O–H groups in total. The monoisotopic (exact) mass is 132 g/mol. The first-order valence-corrected chi connectivity index (χ1v) is 3.32. The lowest BCUT2D eigenvalue weighted by molar-refractivity contribution is 0.282. The maximum atomic E-state index is 4.33. The van der Waals surface area contributed by atoms with Crippen molar-refractivity contribution in [1.82, 2.24) is 9.80 Å². The van der Waals surface area contributed by atoms with Gasteiger partial charge in [0.2, 0.25) is 0 Å². The molecule has 1 saturated heterocycles. The van der Waals surface area contributed by atoms with E-state index in [9.17, 15) is 0 Å². The van der Waals surface area contributed by atoms with E-state index in [2.05, 4.69) is 36.5 Å². The Labute approximate surface area is 55.9 Å². The Morgan fingerprint density at radius 2 is 1.62 bits per heavy atom. The van der Waals surface area contributed by atoms with Gasteiger partial charge in [0.15, 0.2) is 0 Å². The summed E-state index contributed by atoms with van der Waals surface area (Å²) < 4.78 is 0. The number of hydrogen-bond donors (Lipinski definition) is 1. The average Bonchev–Trinajstić information content (AvgIpc) is 1.98. The van der Waals surface area contributed by atoms with Crippen molar-refractivity contribution in [3.63, 3.8) is 0 Å². The van der Waals surface area contributed by atoms with Crippen LogP contribution in [0.1, 0.15) is 0 Å². The Morgan fingerprint density at radius 3 is 1.75 bits per heavy atom. The number of likely N-dealkylation sites (N-methyl/N-ethyl adjacent to an activating group) is 2. The second-order valence-electron chi connectivity index (χ2n) is 2.31. The third kappa shape index (κ3) is 0.989. The van der Waals surface area contributed by atoms with Gasteiger partial charge in [-0.25, -0.2) is 0 Å². The van der Waals surface area contributed by atoms with Gasteiger partial charge >= 0.3 is 0 Å². The smallest absolute Gasteiger partial charge is 0.107 e. The van der Waals surface area contributed by atoms with E-state index in [-0.39, 0.29) is 0 Å². The van der Waals surface area contributed by atoms with Crippen LogP contribution in [0.25, 0.3) is 0 Å². The summed E-state index contributed by atoms with van der Waals surface area (Å²) in [5.41, 5.74) is 0.343. The van der Waals surface area contributed by atoms with Crippen LogP contribution in [-0.4, -0.2) is 42.5 Å². The van der Waals surface area contributed by atoms with Gasteiger partial charge in [-0.05, 0) is 14.1 Å². The fourth-order valence-electron chi connectivity index (χ4n) is 0.883. The molecule has 0 aliphatic carbocycles. The molecule has 0 spiro atoms. The second kappa shape index (κ2) is 2.25. The molecule has 1 aliphatic heterocycles. The molecule has 1 aliphatic rings. The Kier molecular flexibility index (Phi) is 1.80. The molecule has 48 valence electrons. The Hall–Kier alpha value is 0.270. The number of hydrogen-bond acceptors (Lipinski definition) is 3. The molecule has 0 aromatic heterocycles. The molecule has 0 unspecified atom stereocenters. The number of thiol groups is 1. The van der Waals surface area contributed by atoms with E-state index in [4.69, 9.17) is 0 Å². The van der Waals surface area contributed by atoms with Crippen molar-refractivity contribution >= 4 is 12.6 Å². The number of rotatable bonds is 0. The third-order valence-electron chi connectivity index (χ3n) is 1.59. The molecule has 0 saturated carbocycles. The molecular formula is C5H12N2S. The molecule has 0 atom stereocenters. The lowest BCUT2D eigenvalue weighted by Crippen LogP contribution is -2.28. The minimum Gasteiger partial charge on any atom is -0.281 e. The lowest BCUT2D eigenvalue weighted by atomic mass is 10.6. The highest BCUT2D eigenvalue weighted by molar-refractivity contribution is 7.80. The summed E-state index contributed by atoms with van der Waals surface area (Å²) in [6, 6.07) is 0. The summed E-state index contributed by atoms with van der Waals surface area (Å²) in [5.74, 6) is 0. The Morgan fingerprint density at radius 1 is 1.25 bits per heavy atom. The summed E-state index contributed by atoms with van der Waals surface area (Å²) in [6.45, 7) is 2.29. The SMILES string of the molecule is CN1CCN(C)C1S. The van der Waals surface area contributed by atoms with E-state index in [1.165, 1.54) is 0 Å². The maximum absolute atomic E-state index is 4.33. The van der Waals surface area contributed by atoms with Crippen LogP contribution in [0.15, 0.2) is 0 Å². The van der Waals surface area contributed by atoms with Gasteiger partial charge in [-0.3, -0.25) is 9.80 Å². The van der Waals surface area contributed by atoms with E-state index in [0.29, 0.717) is 5.50 Å². The molecular weight excluding hydrogens is 120 g/mol. The van der Waals surface area contributed by atoms with Crippen LogP contribution in [0.3, 0.4) is 0 Å². The van der Waals surface area contributed by atoms with E-state index < -0.39 is 0 Å². The first-order chi connectivity index (χ1) is 3.72. The molecule has 1 rings (SSSR count). The molecule has 0 aromatic rings. The summed E-state index contributed by atoms with van der Waals surface area (Å²) >= 11 is 4.33. The Bertz CT molecular complexity index is 76.5. The highest BCUT2D eigenvalue weighted by Crippen LogP contribution is 2.11. The normalized spacial score (nSPS) is 27.4. The molecule has 0 aromatic carbocycles. The van der Waals surface area contributed by atoms with Crippen molar-refractivity contribution < 1.29 is 0 Å². The van der Waals surface area contributed by atoms with Gasteiger partial charge in [0.1, 0.15) is 5.50 Å². The van der Waals surface area contributed by atoms with E-state index >= 15 is 0 Å². The van der Waals surface area contributed by atoms with Crippen molar-refractivity contribution in [3.05, 3.63) is 0 Å². The molecule has 2 nitrogen and oxygen atoms in total. The molecule has 3 heteroatoms. The van der Waals surface area contributed by atoms with Crippen LogP contribution in [-0.2, 0) is 0 Å². The molecule has 0 bridgehead atoms.